The third kappa shape index (κ3) is 1.92. The van der Waals surface area contributed by atoms with E-state index in [1.165, 1.54) is 16.7 Å². The molecule has 0 aromatic heterocycles. The predicted molar refractivity (Wildman–Crippen MR) is 89.0 cm³/mol. The average Bonchev–Trinajstić information content (AvgIpc) is 3.23. The third-order valence-electron chi connectivity index (χ3n) is 5.70. The highest BCUT2D eigenvalue weighted by Gasteiger charge is 2.37. The Kier molecular flexibility index (Phi) is 2.96. The van der Waals surface area contributed by atoms with Crippen molar-refractivity contribution in [2.45, 2.75) is 26.2 Å². The van der Waals surface area contributed by atoms with E-state index in [-0.39, 0.29) is 5.92 Å². The number of rotatable bonds is 1. The summed E-state index contributed by atoms with van der Waals surface area (Å²) in [5, 5.41) is 0. The second-order valence-electron chi connectivity index (χ2n) is 7.00. The van der Waals surface area contributed by atoms with E-state index in [0.717, 1.165) is 29.4 Å². The first kappa shape index (κ1) is 14.0. The molecule has 1 aliphatic carbocycles. The molecule has 0 N–H and O–H groups in total. The Bertz CT molecular complexity index is 814. The van der Waals surface area contributed by atoms with Crippen LogP contribution in [0.3, 0.4) is 0 Å². The fraction of sp³-hybridized carbons (Fsp3) is 0.400. The van der Waals surface area contributed by atoms with Gasteiger partial charge in [-0.05, 0) is 47.6 Å². The Morgan fingerprint density at radius 2 is 1.58 bits per heavy atom. The van der Waals surface area contributed by atoms with Crippen LogP contribution >= 0.6 is 0 Å². The highest BCUT2D eigenvalue weighted by Crippen LogP contribution is 2.52. The molecule has 0 spiro atoms. The maximum atomic E-state index is 5.85. The van der Waals surface area contributed by atoms with Gasteiger partial charge in [0.2, 0.25) is 13.6 Å². The Labute approximate surface area is 141 Å². The van der Waals surface area contributed by atoms with Crippen molar-refractivity contribution in [3.8, 4) is 23.0 Å². The fourth-order valence-corrected chi connectivity index (χ4v) is 4.25. The van der Waals surface area contributed by atoms with Crippen molar-refractivity contribution < 1.29 is 18.9 Å². The second-order valence-corrected chi connectivity index (χ2v) is 7.00. The smallest absolute Gasteiger partial charge is 0.231 e. The maximum Gasteiger partial charge on any atom is 0.231 e. The normalized spacial score (nSPS) is 26.3. The van der Waals surface area contributed by atoms with E-state index in [9.17, 15) is 0 Å². The van der Waals surface area contributed by atoms with E-state index in [1.54, 1.807) is 0 Å². The second kappa shape index (κ2) is 5.07. The largest absolute Gasteiger partial charge is 0.454 e. The molecule has 4 nitrogen and oxygen atoms in total. The molecule has 0 fully saturated rings. The van der Waals surface area contributed by atoms with Crippen molar-refractivity contribution in [1.82, 2.24) is 0 Å². The van der Waals surface area contributed by atoms with Gasteiger partial charge in [0.1, 0.15) is 0 Å². The maximum absolute atomic E-state index is 5.85. The molecule has 4 heteroatoms. The number of benzene rings is 2. The highest BCUT2D eigenvalue weighted by atomic mass is 16.7. The van der Waals surface area contributed by atoms with Crippen molar-refractivity contribution in [1.29, 1.82) is 0 Å². The lowest BCUT2D eigenvalue weighted by Crippen LogP contribution is -2.27. The summed E-state index contributed by atoms with van der Waals surface area (Å²) in [6.45, 7) is 5.28. The van der Waals surface area contributed by atoms with Gasteiger partial charge in [-0.15, -0.1) is 0 Å². The van der Waals surface area contributed by atoms with E-state index in [0.29, 0.717) is 25.4 Å². The molecule has 0 amide bonds. The quantitative estimate of drug-likeness (QED) is 0.791. The van der Waals surface area contributed by atoms with Gasteiger partial charge in [0, 0.05) is 11.5 Å². The van der Waals surface area contributed by atoms with Crippen LogP contribution in [0.4, 0.5) is 0 Å². The molecule has 0 radical (unpaired) electrons. The first-order chi connectivity index (χ1) is 11.7. The minimum absolute atomic E-state index is 0.273. The SMILES string of the molecule is C[C@H]1[C@@H](c2ccc3c(c2)OCO3)c2c(ccc3c2OCO3)C[C@H]1C. The molecule has 2 heterocycles. The molecular weight excluding hydrogens is 304 g/mol. The van der Waals surface area contributed by atoms with Crippen molar-refractivity contribution in [2.75, 3.05) is 13.6 Å². The summed E-state index contributed by atoms with van der Waals surface area (Å²) in [5.41, 5.74) is 3.91. The molecule has 3 aliphatic rings. The summed E-state index contributed by atoms with van der Waals surface area (Å²) in [6, 6.07) is 10.5. The van der Waals surface area contributed by atoms with Crippen molar-refractivity contribution in [2.24, 2.45) is 11.8 Å². The summed E-state index contributed by atoms with van der Waals surface area (Å²) in [7, 11) is 0. The van der Waals surface area contributed by atoms with Crippen molar-refractivity contribution >= 4 is 0 Å². The average molecular weight is 324 g/mol. The topological polar surface area (TPSA) is 36.9 Å². The molecule has 24 heavy (non-hydrogen) atoms. The van der Waals surface area contributed by atoms with Gasteiger partial charge in [-0.1, -0.05) is 26.0 Å². The third-order valence-corrected chi connectivity index (χ3v) is 5.70. The Morgan fingerprint density at radius 3 is 2.50 bits per heavy atom. The number of ether oxygens (including phenoxy) is 4. The van der Waals surface area contributed by atoms with Crippen LogP contribution in [-0.4, -0.2) is 13.6 Å². The van der Waals surface area contributed by atoms with Crippen LogP contribution in [0.25, 0.3) is 0 Å². The van der Waals surface area contributed by atoms with Gasteiger partial charge >= 0.3 is 0 Å². The van der Waals surface area contributed by atoms with Crippen molar-refractivity contribution in [3.63, 3.8) is 0 Å². The van der Waals surface area contributed by atoms with Crippen molar-refractivity contribution in [3.05, 3.63) is 47.0 Å². The molecule has 0 saturated heterocycles. The monoisotopic (exact) mass is 324 g/mol. The standard InChI is InChI=1S/C20H20O4/c1-11-7-13-4-6-16-20(24-10-22-16)19(13)18(12(11)2)14-3-5-15-17(8-14)23-9-21-15/h3-6,8,11-12,18H,7,9-10H2,1-2H3/t11-,12-,18+/m1/s1. The van der Waals surface area contributed by atoms with E-state index in [1.807, 2.05) is 12.1 Å². The molecule has 5 rings (SSSR count). The molecule has 0 saturated carbocycles. The van der Waals surface area contributed by atoms with E-state index in [4.69, 9.17) is 18.9 Å². The Morgan fingerprint density at radius 1 is 0.833 bits per heavy atom. The molecule has 0 unspecified atom stereocenters. The Hall–Kier alpha value is -2.36. The van der Waals surface area contributed by atoms with Crippen LogP contribution in [0.15, 0.2) is 30.3 Å². The van der Waals surface area contributed by atoms with E-state index >= 15 is 0 Å². The van der Waals surface area contributed by atoms with Crippen LogP contribution in [0.2, 0.25) is 0 Å². The Balaban J connectivity index is 1.69. The first-order valence-electron chi connectivity index (χ1n) is 8.53. The van der Waals surface area contributed by atoms with Gasteiger partial charge in [-0.3, -0.25) is 0 Å². The van der Waals surface area contributed by atoms with E-state index < -0.39 is 0 Å². The van der Waals surface area contributed by atoms with Crippen LogP contribution in [0, 0.1) is 11.8 Å². The molecule has 124 valence electrons. The highest BCUT2D eigenvalue weighted by molar-refractivity contribution is 5.58. The van der Waals surface area contributed by atoms with Gasteiger partial charge in [0.05, 0.1) is 0 Å². The molecule has 2 aromatic rings. The van der Waals surface area contributed by atoms with Gasteiger partial charge < -0.3 is 18.9 Å². The lowest BCUT2D eigenvalue weighted by molar-refractivity contribution is 0.171. The van der Waals surface area contributed by atoms with Crippen LogP contribution in [0.1, 0.15) is 36.5 Å². The summed E-state index contributed by atoms with van der Waals surface area (Å²) in [4.78, 5) is 0. The first-order valence-corrected chi connectivity index (χ1v) is 8.53. The van der Waals surface area contributed by atoms with Crippen LogP contribution in [-0.2, 0) is 6.42 Å². The van der Waals surface area contributed by atoms with Crippen LogP contribution in [0.5, 0.6) is 23.0 Å². The van der Waals surface area contributed by atoms with Gasteiger partial charge in [-0.2, -0.15) is 0 Å². The molecule has 2 aromatic carbocycles. The summed E-state index contributed by atoms with van der Waals surface area (Å²) in [5.74, 6) is 4.84. The number of hydrogen-bond acceptors (Lipinski definition) is 4. The predicted octanol–water partition coefficient (Wildman–Crippen LogP) is 4.10. The minimum atomic E-state index is 0.273. The lowest BCUT2D eigenvalue weighted by Gasteiger charge is -2.37. The van der Waals surface area contributed by atoms with Gasteiger partial charge in [0.15, 0.2) is 23.0 Å². The van der Waals surface area contributed by atoms with Gasteiger partial charge in [0.25, 0.3) is 0 Å². The zero-order valence-electron chi connectivity index (χ0n) is 13.9. The summed E-state index contributed by atoms with van der Waals surface area (Å²) < 4.78 is 22.5. The summed E-state index contributed by atoms with van der Waals surface area (Å²) >= 11 is 0. The zero-order chi connectivity index (χ0) is 16.3. The lowest BCUT2D eigenvalue weighted by atomic mass is 9.67. The molecular formula is C20H20O4. The number of fused-ring (bicyclic) bond motifs is 4. The fourth-order valence-electron chi connectivity index (χ4n) is 4.25. The molecule has 2 aliphatic heterocycles. The molecule has 3 atom stereocenters. The van der Waals surface area contributed by atoms with Gasteiger partial charge in [-0.25, -0.2) is 0 Å². The number of hydrogen-bond donors (Lipinski definition) is 0. The minimum Gasteiger partial charge on any atom is -0.454 e. The van der Waals surface area contributed by atoms with Crippen LogP contribution < -0.4 is 18.9 Å². The summed E-state index contributed by atoms with van der Waals surface area (Å²) in [6.07, 6.45) is 1.08. The molecule has 0 bridgehead atoms. The zero-order valence-corrected chi connectivity index (χ0v) is 13.9. The van der Waals surface area contributed by atoms with E-state index in [2.05, 4.69) is 32.0 Å².